The summed E-state index contributed by atoms with van der Waals surface area (Å²) in [7, 11) is 3.88. The maximum absolute atomic E-state index is 5.30. The molecule has 0 radical (unpaired) electrons. The minimum Gasteiger partial charge on any atom is -0.337 e. The van der Waals surface area contributed by atoms with Crippen molar-refractivity contribution in [2.45, 2.75) is 12.5 Å². The molecular formula is C4H10N2O. The van der Waals surface area contributed by atoms with Crippen molar-refractivity contribution >= 4 is 0 Å². The van der Waals surface area contributed by atoms with E-state index >= 15 is 0 Å². The maximum atomic E-state index is 5.30. The van der Waals surface area contributed by atoms with Gasteiger partial charge in [-0.1, -0.05) is 0 Å². The van der Waals surface area contributed by atoms with Crippen LogP contribution in [0.15, 0.2) is 0 Å². The highest BCUT2D eigenvalue weighted by atomic mass is 16.6. The fourth-order valence-electron chi connectivity index (χ4n) is 0.531. The molecule has 7 heavy (non-hydrogen) atoms. The Hall–Kier alpha value is -0.120. The number of hydrogen-bond donors (Lipinski definition) is 1. The van der Waals surface area contributed by atoms with Crippen molar-refractivity contribution in [1.82, 2.24) is 4.90 Å². The van der Waals surface area contributed by atoms with E-state index in [-0.39, 0.29) is 12.5 Å². The number of likely N-dealkylation sites (N-methyl/N-ethyl adjacent to an activating group) is 1. The average Bonchev–Trinajstić information content (AvgIpc) is 2.17. The van der Waals surface area contributed by atoms with Crippen LogP contribution in [0.1, 0.15) is 0 Å². The van der Waals surface area contributed by atoms with E-state index in [4.69, 9.17) is 10.5 Å². The van der Waals surface area contributed by atoms with E-state index in [9.17, 15) is 0 Å². The summed E-state index contributed by atoms with van der Waals surface area (Å²) in [5, 5.41) is 0. The van der Waals surface area contributed by atoms with Gasteiger partial charge in [0.1, 0.15) is 6.23 Å². The first kappa shape index (κ1) is 5.03. The van der Waals surface area contributed by atoms with Gasteiger partial charge in [0.15, 0.2) is 6.23 Å². The van der Waals surface area contributed by atoms with Crippen molar-refractivity contribution in [3.05, 3.63) is 0 Å². The summed E-state index contributed by atoms with van der Waals surface area (Å²) in [5.74, 6) is 0. The van der Waals surface area contributed by atoms with Crippen LogP contribution in [-0.2, 0) is 4.74 Å². The van der Waals surface area contributed by atoms with E-state index in [0.29, 0.717) is 0 Å². The molecule has 1 heterocycles. The largest absolute Gasteiger partial charge is 0.337 e. The van der Waals surface area contributed by atoms with Crippen LogP contribution in [-0.4, -0.2) is 31.5 Å². The summed E-state index contributed by atoms with van der Waals surface area (Å²) in [6.45, 7) is 0. The van der Waals surface area contributed by atoms with Gasteiger partial charge >= 0.3 is 0 Å². The summed E-state index contributed by atoms with van der Waals surface area (Å²) in [6.07, 6.45) is 0.148. The third kappa shape index (κ3) is 0.907. The molecule has 0 spiro atoms. The normalized spacial score (nSPS) is 39.4. The van der Waals surface area contributed by atoms with Crippen LogP contribution in [0.5, 0.6) is 0 Å². The lowest BCUT2D eigenvalue weighted by Gasteiger charge is -2.00. The van der Waals surface area contributed by atoms with Crippen LogP contribution in [0.4, 0.5) is 0 Å². The summed E-state index contributed by atoms with van der Waals surface area (Å²) in [4.78, 5) is 1.95. The molecule has 0 amide bonds. The lowest BCUT2D eigenvalue weighted by Crippen LogP contribution is -2.21. The van der Waals surface area contributed by atoms with Crippen molar-refractivity contribution in [1.29, 1.82) is 0 Å². The summed E-state index contributed by atoms with van der Waals surface area (Å²) in [5.41, 5.74) is 5.30. The third-order valence-corrected chi connectivity index (χ3v) is 1.01. The van der Waals surface area contributed by atoms with Gasteiger partial charge in [0.05, 0.1) is 0 Å². The first-order valence-electron chi connectivity index (χ1n) is 2.29. The van der Waals surface area contributed by atoms with Gasteiger partial charge in [-0.15, -0.1) is 0 Å². The van der Waals surface area contributed by atoms with E-state index in [1.807, 2.05) is 19.0 Å². The summed E-state index contributed by atoms with van der Waals surface area (Å²) >= 11 is 0. The van der Waals surface area contributed by atoms with Crippen LogP contribution in [0.2, 0.25) is 0 Å². The van der Waals surface area contributed by atoms with E-state index in [1.54, 1.807) is 0 Å². The Morgan fingerprint density at radius 1 is 1.57 bits per heavy atom. The quantitative estimate of drug-likeness (QED) is 0.440. The van der Waals surface area contributed by atoms with Crippen molar-refractivity contribution < 1.29 is 4.74 Å². The molecule has 1 aliphatic rings. The lowest BCUT2D eigenvalue weighted by molar-refractivity contribution is 0.245. The van der Waals surface area contributed by atoms with E-state index in [0.717, 1.165) is 0 Å². The Kier molecular flexibility index (Phi) is 1.03. The minimum absolute atomic E-state index is 0.0324. The molecule has 0 aromatic rings. The van der Waals surface area contributed by atoms with Crippen molar-refractivity contribution in [3.63, 3.8) is 0 Å². The first-order chi connectivity index (χ1) is 3.22. The molecule has 0 aromatic carbocycles. The Labute approximate surface area is 43.0 Å². The molecule has 1 fully saturated rings. The van der Waals surface area contributed by atoms with Gasteiger partial charge in [-0.3, -0.25) is 4.90 Å². The van der Waals surface area contributed by atoms with Crippen molar-refractivity contribution in [3.8, 4) is 0 Å². The molecule has 0 saturated carbocycles. The molecular weight excluding hydrogens is 92.1 g/mol. The highest BCUT2D eigenvalue weighted by molar-refractivity contribution is 4.75. The number of nitrogens with two attached hydrogens (primary N) is 1. The highest BCUT2D eigenvalue weighted by Crippen LogP contribution is 2.16. The molecule has 0 aliphatic carbocycles. The van der Waals surface area contributed by atoms with Gasteiger partial charge in [0.2, 0.25) is 0 Å². The predicted molar refractivity (Wildman–Crippen MR) is 26.5 cm³/mol. The van der Waals surface area contributed by atoms with Crippen molar-refractivity contribution in [2.75, 3.05) is 14.1 Å². The van der Waals surface area contributed by atoms with Crippen molar-refractivity contribution in [2.24, 2.45) is 5.73 Å². The zero-order valence-corrected chi connectivity index (χ0v) is 4.59. The number of rotatable bonds is 1. The topological polar surface area (TPSA) is 41.8 Å². The molecule has 42 valence electrons. The Balaban J connectivity index is 2.20. The Morgan fingerprint density at radius 3 is 2.00 bits per heavy atom. The molecule has 0 aromatic heterocycles. The van der Waals surface area contributed by atoms with E-state index < -0.39 is 0 Å². The summed E-state index contributed by atoms with van der Waals surface area (Å²) in [6, 6.07) is 0. The third-order valence-electron chi connectivity index (χ3n) is 1.01. The van der Waals surface area contributed by atoms with Crippen LogP contribution in [0, 0.1) is 0 Å². The standard InChI is InChI=1S/C4H10N2O/c1-6(2)4-3(5)7-4/h3-4H,5H2,1-2H3. The molecule has 3 heteroatoms. The maximum Gasteiger partial charge on any atom is 0.152 e. The van der Waals surface area contributed by atoms with Gasteiger partial charge in [-0.2, -0.15) is 0 Å². The second-order valence-corrected chi connectivity index (χ2v) is 1.95. The lowest BCUT2D eigenvalue weighted by atomic mass is 10.6. The van der Waals surface area contributed by atoms with Crippen LogP contribution in [0.25, 0.3) is 0 Å². The highest BCUT2D eigenvalue weighted by Gasteiger charge is 2.36. The zero-order valence-electron chi connectivity index (χ0n) is 4.59. The predicted octanol–water partition coefficient (Wildman–Crippen LogP) is -0.811. The Bertz CT molecular complexity index is 74.1. The molecule has 1 aliphatic heterocycles. The molecule has 2 N–H and O–H groups in total. The fourth-order valence-corrected chi connectivity index (χ4v) is 0.531. The second-order valence-electron chi connectivity index (χ2n) is 1.95. The Morgan fingerprint density at radius 2 is 2.00 bits per heavy atom. The van der Waals surface area contributed by atoms with Gasteiger partial charge in [-0.25, -0.2) is 0 Å². The molecule has 1 saturated heterocycles. The molecule has 3 nitrogen and oxygen atoms in total. The summed E-state index contributed by atoms with van der Waals surface area (Å²) < 4.78 is 4.88. The van der Waals surface area contributed by atoms with Crippen LogP contribution >= 0.6 is 0 Å². The number of epoxide rings is 1. The molecule has 0 bridgehead atoms. The van der Waals surface area contributed by atoms with E-state index in [2.05, 4.69) is 0 Å². The molecule has 2 atom stereocenters. The first-order valence-corrected chi connectivity index (χ1v) is 2.29. The monoisotopic (exact) mass is 102 g/mol. The molecule has 1 rings (SSSR count). The zero-order chi connectivity index (χ0) is 5.44. The SMILES string of the molecule is CN(C)C1OC1N. The number of nitrogens with zero attached hydrogens (tertiary/aromatic N) is 1. The van der Waals surface area contributed by atoms with Gasteiger partial charge in [0.25, 0.3) is 0 Å². The fraction of sp³-hybridized carbons (Fsp3) is 1.00. The van der Waals surface area contributed by atoms with Crippen LogP contribution in [0.3, 0.4) is 0 Å². The minimum atomic E-state index is -0.0324. The smallest absolute Gasteiger partial charge is 0.152 e. The number of ether oxygens (including phenoxy) is 1. The molecule has 2 unspecified atom stereocenters. The second kappa shape index (κ2) is 1.43. The van der Waals surface area contributed by atoms with Gasteiger partial charge in [-0.05, 0) is 14.1 Å². The van der Waals surface area contributed by atoms with Gasteiger partial charge < -0.3 is 10.5 Å². The van der Waals surface area contributed by atoms with Crippen LogP contribution < -0.4 is 5.73 Å². The van der Waals surface area contributed by atoms with E-state index in [1.165, 1.54) is 0 Å². The average molecular weight is 102 g/mol. The number of hydrogen-bond acceptors (Lipinski definition) is 3. The van der Waals surface area contributed by atoms with Gasteiger partial charge in [0, 0.05) is 0 Å².